The first kappa shape index (κ1) is 30.8. The van der Waals surface area contributed by atoms with E-state index in [1.807, 2.05) is 39.0 Å². The number of benzene rings is 3. The lowest BCUT2D eigenvalue weighted by Gasteiger charge is -2.36. The molecule has 0 bridgehead atoms. The Balaban J connectivity index is 1.47. The van der Waals surface area contributed by atoms with E-state index < -0.39 is 23.2 Å². The van der Waals surface area contributed by atoms with E-state index >= 15 is 0 Å². The molecule has 1 amide bonds. The number of hydrogen-bond donors (Lipinski definition) is 1. The summed E-state index contributed by atoms with van der Waals surface area (Å²) in [6.07, 6.45) is 2.76. The number of hydrogen-bond acceptors (Lipinski definition) is 6. The fourth-order valence-corrected chi connectivity index (χ4v) is 6.26. The van der Waals surface area contributed by atoms with Crippen LogP contribution in [0.1, 0.15) is 66.1 Å². The number of amides is 1. The van der Waals surface area contributed by atoms with Gasteiger partial charge in [-0.1, -0.05) is 91.0 Å². The predicted molar refractivity (Wildman–Crippen MR) is 176 cm³/mol. The van der Waals surface area contributed by atoms with Gasteiger partial charge in [0.25, 0.3) is 0 Å². The standard InChI is InChI=1S/C37H39N5O4/c1-5-45-34(43)33-29-21-22-31-30(32(29)40-41(33)24-23-38-35(44)46-36(2,3)4)25-42(39-31)37(26-15-9-6-10-16-26,27-17-11-7-12-18-27)28-19-13-8-14-20-28/h6-20,25H,5,21-24H2,1-4H3,(H,38,44). The molecule has 9 heteroatoms. The second kappa shape index (κ2) is 12.7. The summed E-state index contributed by atoms with van der Waals surface area (Å²) in [5.74, 6) is -0.434. The molecular formula is C37H39N5O4. The van der Waals surface area contributed by atoms with Gasteiger partial charge >= 0.3 is 12.1 Å². The number of nitrogens with one attached hydrogen (secondary N) is 1. The average molecular weight is 618 g/mol. The Morgan fingerprint density at radius 1 is 0.826 bits per heavy atom. The maximum Gasteiger partial charge on any atom is 0.407 e. The van der Waals surface area contributed by atoms with E-state index in [1.54, 1.807) is 11.6 Å². The zero-order chi connectivity index (χ0) is 32.3. The molecule has 0 unspecified atom stereocenters. The summed E-state index contributed by atoms with van der Waals surface area (Å²) < 4.78 is 14.6. The Labute approximate surface area is 269 Å². The Hall–Kier alpha value is -5.18. The van der Waals surface area contributed by atoms with Crippen LogP contribution in [0.2, 0.25) is 0 Å². The van der Waals surface area contributed by atoms with Crippen molar-refractivity contribution in [3.63, 3.8) is 0 Å². The Morgan fingerprint density at radius 3 is 1.91 bits per heavy atom. The first-order valence-corrected chi connectivity index (χ1v) is 15.7. The van der Waals surface area contributed by atoms with Crippen LogP contribution in [-0.2, 0) is 34.4 Å². The lowest BCUT2D eigenvalue weighted by atomic mass is 9.77. The van der Waals surface area contributed by atoms with Gasteiger partial charge in [0.15, 0.2) is 0 Å². The van der Waals surface area contributed by atoms with E-state index in [-0.39, 0.29) is 19.7 Å². The molecular weight excluding hydrogens is 578 g/mol. The smallest absolute Gasteiger partial charge is 0.407 e. The van der Waals surface area contributed by atoms with Gasteiger partial charge in [0, 0.05) is 23.9 Å². The van der Waals surface area contributed by atoms with Crippen LogP contribution in [0.5, 0.6) is 0 Å². The number of nitrogens with zero attached hydrogens (tertiary/aromatic N) is 4. The summed E-state index contributed by atoms with van der Waals surface area (Å²) in [4.78, 5) is 25.6. The molecule has 3 aromatic carbocycles. The second-order valence-electron chi connectivity index (χ2n) is 12.3. The molecule has 0 spiro atoms. The number of aromatic nitrogens is 4. The molecule has 9 nitrogen and oxygen atoms in total. The topological polar surface area (TPSA) is 100 Å². The summed E-state index contributed by atoms with van der Waals surface area (Å²) in [5, 5.41) is 13.0. The Kier molecular flexibility index (Phi) is 8.49. The largest absolute Gasteiger partial charge is 0.461 e. The summed E-state index contributed by atoms with van der Waals surface area (Å²) >= 11 is 0. The molecule has 2 heterocycles. The van der Waals surface area contributed by atoms with Gasteiger partial charge in [-0.3, -0.25) is 9.36 Å². The highest BCUT2D eigenvalue weighted by Gasteiger charge is 2.41. The molecule has 0 radical (unpaired) electrons. The molecule has 2 aromatic heterocycles. The van der Waals surface area contributed by atoms with Gasteiger partial charge in [0.2, 0.25) is 0 Å². The normalized spacial score (nSPS) is 12.6. The zero-order valence-corrected chi connectivity index (χ0v) is 26.7. The fourth-order valence-electron chi connectivity index (χ4n) is 6.26. The van der Waals surface area contributed by atoms with Crippen molar-refractivity contribution in [1.82, 2.24) is 24.9 Å². The van der Waals surface area contributed by atoms with Gasteiger partial charge in [0.1, 0.15) is 16.8 Å². The molecule has 0 fully saturated rings. The summed E-state index contributed by atoms with van der Waals surface area (Å²) in [5.41, 5.74) is 5.53. The van der Waals surface area contributed by atoms with Crippen LogP contribution in [-0.4, -0.2) is 50.4 Å². The first-order chi connectivity index (χ1) is 22.2. The molecule has 0 aliphatic heterocycles. The minimum atomic E-state index is -0.773. The van der Waals surface area contributed by atoms with E-state index in [4.69, 9.17) is 19.7 Å². The van der Waals surface area contributed by atoms with Gasteiger partial charge in [-0.2, -0.15) is 10.2 Å². The monoisotopic (exact) mass is 617 g/mol. The third-order valence-electron chi connectivity index (χ3n) is 8.09. The Morgan fingerprint density at radius 2 is 1.39 bits per heavy atom. The molecule has 6 rings (SSSR count). The lowest BCUT2D eigenvalue weighted by Crippen LogP contribution is -2.38. The van der Waals surface area contributed by atoms with E-state index in [2.05, 4.69) is 89.0 Å². The summed E-state index contributed by atoms with van der Waals surface area (Å²) in [7, 11) is 0. The van der Waals surface area contributed by atoms with Crippen molar-refractivity contribution >= 4 is 12.1 Å². The van der Waals surface area contributed by atoms with Crippen LogP contribution in [0.4, 0.5) is 4.79 Å². The Bertz CT molecular complexity index is 1730. The highest BCUT2D eigenvalue weighted by atomic mass is 16.6. The molecule has 1 N–H and O–H groups in total. The molecule has 0 saturated carbocycles. The maximum atomic E-state index is 13.3. The predicted octanol–water partition coefficient (Wildman–Crippen LogP) is 6.39. The SMILES string of the molecule is CCOC(=O)c1c2c(nn1CCNC(=O)OC(C)(C)C)-c1cn(C(c3ccccc3)(c3ccccc3)c3ccccc3)nc1CC2. The van der Waals surface area contributed by atoms with E-state index in [9.17, 15) is 9.59 Å². The molecule has 46 heavy (non-hydrogen) atoms. The van der Waals surface area contributed by atoms with Crippen LogP contribution in [0, 0.1) is 0 Å². The van der Waals surface area contributed by atoms with Crippen LogP contribution in [0.3, 0.4) is 0 Å². The first-order valence-electron chi connectivity index (χ1n) is 15.7. The number of fused-ring (bicyclic) bond motifs is 3. The van der Waals surface area contributed by atoms with Crippen LogP contribution >= 0.6 is 0 Å². The number of alkyl carbamates (subject to hydrolysis) is 1. The van der Waals surface area contributed by atoms with Gasteiger partial charge in [0.05, 0.1) is 24.5 Å². The summed E-state index contributed by atoms with van der Waals surface area (Å²) in [6, 6.07) is 31.2. The zero-order valence-electron chi connectivity index (χ0n) is 26.7. The third kappa shape index (κ3) is 5.80. The van der Waals surface area contributed by atoms with Crippen molar-refractivity contribution < 1.29 is 19.1 Å². The highest BCUT2D eigenvalue weighted by molar-refractivity contribution is 5.92. The molecule has 0 atom stereocenters. The van der Waals surface area contributed by atoms with Crippen LogP contribution < -0.4 is 5.32 Å². The van der Waals surface area contributed by atoms with Crippen molar-refractivity contribution in [3.8, 4) is 11.3 Å². The second-order valence-corrected chi connectivity index (χ2v) is 12.3. The number of carbonyl (C=O) groups is 2. The number of ether oxygens (including phenoxy) is 2. The third-order valence-corrected chi connectivity index (χ3v) is 8.09. The van der Waals surface area contributed by atoms with Crippen LogP contribution in [0.15, 0.2) is 97.2 Å². The minimum Gasteiger partial charge on any atom is -0.461 e. The molecule has 0 saturated heterocycles. The van der Waals surface area contributed by atoms with E-state index in [0.717, 1.165) is 33.5 Å². The van der Waals surface area contributed by atoms with Crippen molar-refractivity contribution in [3.05, 3.63) is 131 Å². The van der Waals surface area contributed by atoms with Gasteiger partial charge < -0.3 is 14.8 Å². The number of carbonyl (C=O) groups excluding carboxylic acids is 2. The molecule has 5 aromatic rings. The highest BCUT2D eigenvalue weighted by Crippen LogP contribution is 2.43. The van der Waals surface area contributed by atoms with Gasteiger partial charge in [-0.25, -0.2) is 9.59 Å². The van der Waals surface area contributed by atoms with Gasteiger partial charge in [-0.05, 0) is 57.2 Å². The lowest BCUT2D eigenvalue weighted by molar-refractivity contribution is 0.0510. The number of aryl methyl sites for hydroxylation is 1. The minimum absolute atomic E-state index is 0.229. The van der Waals surface area contributed by atoms with E-state index in [0.29, 0.717) is 24.2 Å². The number of esters is 1. The quantitative estimate of drug-likeness (QED) is 0.152. The van der Waals surface area contributed by atoms with Gasteiger partial charge in [-0.15, -0.1) is 0 Å². The van der Waals surface area contributed by atoms with Crippen molar-refractivity contribution in [2.24, 2.45) is 0 Å². The van der Waals surface area contributed by atoms with E-state index in [1.165, 1.54) is 0 Å². The van der Waals surface area contributed by atoms with Crippen LogP contribution in [0.25, 0.3) is 11.3 Å². The molecule has 236 valence electrons. The number of rotatable bonds is 9. The van der Waals surface area contributed by atoms with Crippen molar-refractivity contribution in [1.29, 1.82) is 0 Å². The van der Waals surface area contributed by atoms with Crippen molar-refractivity contribution in [2.75, 3.05) is 13.2 Å². The summed E-state index contributed by atoms with van der Waals surface area (Å²) in [6.45, 7) is 7.96. The average Bonchev–Trinajstić information content (AvgIpc) is 3.64. The van der Waals surface area contributed by atoms with Crippen molar-refractivity contribution in [2.45, 2.75) is 58.2 Å². The maximum absolute atomic E-state index is 13.3. The molecule has 1 aliphatic carbocycles. The molecule has 1 aliphatic rings. The fraction of sp³-hybridized carbons (Fsp3) is 0.297.